The summed E-state index contributed by atoms with van der Waals surface area (Å²) in [5.74, 6) is 0.132. The molecule has 1 aromatic rings. The molecule has 0 aliphatic rings. The highest BCUT2D eigenvalue weighted by molar-refractivity contribution is 5.97. The van der Waals surface area contributed by atoms with Gasteiger partial charge in [-0.05, 0) is 13.8 Å². The van der Waals surface area contributed by atoms with Crippen molar-refractivity contribution in [2.45, 2.75) is 13.8 Å². The molecule has 0 atom stereocenters. The van der Waals surface area contributed by atoms with Crippen LogP contribution in [0.2, 0.25) is 0 Å². The number of carbonyl (C=O) groups excluding carboxylic acids is 1. The first-order chi connectivity index (χ1) is 7.63. The van der Waals surface area contributed by atoms with Gasteiger partial charge in [-0.1, -0.05) is 35.0 Å². The van der Waals surface area contributed by atoms with Crippen LogP contribution in [-0.2, 0) is 9.57 Å². The Balaban J connectivity index is 2.63. The SMILES string of the molecule is CCOC(=O)O/N=C(\N)c1ccc(C)cc1. The van der Waals surface area contributed by atoms with Gasteiger partial charge in [-0.25, -0.2) is 4.79 Å². The Hall–Kier alpha value is -2.04. The van der Waals surface area contributed by atoms with Crippen LogP contribution < -0.4 is 5.73 Å². The van der Waals surface area contributed by atoms with Crippen LogP contribution >= 0.6 is 0 Å². The molecule has 0 unspecified atom stereocenters. The third-order valence-electron chi connectivity index (χ3n) is 1.83. The highest BCUT2D eigenvalue weighted by Crippen LogP contribution is 2.02. The number of carbonyl (C=O) groups is 1. The molecule has 0 heterocycles. The second-order valence-corrected chi connectivity index (χ2v) is 3.12. The van der Waals surface area contributed by atoms with E-state index in [1.165, 1.54) is 0 Å². The van der Waals surface area contributed by atoms with Gasteiger partial charge in [0.1, 0.15) is 0 Å². The van der Waals surface area contributed by atoms with E-state index in [0.29, 0.717) is 5.56 Å². The third kappa shape index (κ3) is 3.61. The molecule has 86 valence electrons. The molecular weight excluding hydrogens is 208 g/mol. The summed E-state index contributed by atoms with van der Waals surface area (Å²) in [5.41, 5.74) is 7.41. The second kappa shape index (κ2) is 5.75. The lowest BCUT2D eigenvalue weighted by Crippen LogP contribution is -2.15. The van der Waals surface area contributed by atoms with E-state index in [1.807, 2.05) is 19.1 Å². The predicted molar refractivity (Wildman–Crippen MR) is 60.0 cm³/mol. The maximum Gasteiger partial charge on any atom is 0.535 e. The highest BCUT2D eigenvalue weighted by Gasteiger charge is 2.03. The van der Waals surface area contributed by atoms with Gasteiger partial charge in [0.2, 0.25) is 0 Å². The largest absolute Gasteiger partial charge is 0.535 e. The molecule has 0 amide bonds. The van der Waals surface area contributed by atoms with Crippen molar-refractivity contribution in [3.05, 3.63) is 35.4 Å². The molecule has 2 N–H and O–H groups in total. The van der Waals surface area contributed by atoms with Gasteiger partial charge >= 0.3 is 6.16 Å². The topological polar surface area (TPSA) is 73.9 Å². The molecule has 16 heavy (non-hydrogen) atoms. The zero-order valence-electron chi connectivity index (χ0n) is 9.27. The first-order valence-corrected chi connectivity index (χ1v) is 4.87. The van der Waals surface area contributed by atoms with Crippen molar-refractivity contribution in [3.8, 4) is 0 Å². The molecular formula is C11H14N2O3. The van der Waals surface area contributed by atoms with Crippen molar-refractivity contribution in [2.24, 2.45) is 10.9 Å². The third-order valence-corrected chi connectivity index (χ3v) is 1.83. The van der Waals surface area contributed by atoms with Crippen molar-refractivity contribution >= 4 is 12.0 Å². The van der Waals surface area contributed by atoms with E-state index in [-0.39, 0.29) is 12.4 Å². The van der Waals surface area contributed by atoms with Gasteiger partial charge in [-0.3, -0.25) is 4.84 Å². The Morgan fingerprint density at radius 3 is 2.56 bits per heavy atom. The van der Waals surface area contributed by atoms with Gasteiger partial charge in [-0.2, -0.15) is 0 Å². The fourth-order valence-corrected chi connectivity index (χ4v) is 1.01. The summed E-state index contributed by atoms with van der Waals surface area (Å²) < 4.78 is 4.52. The summed E-state index contributed by atoms with van der Waals surface area (Å²) in [6, 6.07) is 7.37. The van der Waals surface area contributed by atoms with Crippen LogP contribution in [0.4, 0.5) is 4.79 Å². The normalized spacial score (nSPS) is 11.0. The Kier molecular flexibility index (Phi) is 4.32. The minimum Gasteiger partial charge on any atom is -0.433 e. The molecule has 0 spiro atoms. The fourth-order valence-electron chi connectivity index (χ4n) is 1.01. The average molecular weight is 222 g/mol. The second-order valence-electron chi connectivity index (χ2n) is 3.12. The van der Waals surface area contributed by atoms with Crippen molar-refractivity contribution in [1.82, 2.24) is 0 Å². The van der Waals surface area contributed by atoms with E-state index in [9.17, 15) is 4.79 Å². The summed E-state index contributed by atoms with van der Waals surface area (Å²) in [4.78, 5) is 15.3. The summed E-state index contributed by atoms with van der Waals surface area (Å²) in [6.45, 7) is 3.87. The lowest BCUT2D eigenvalue weighted by molar-refractivity contribution is 0.0613. The summed E-state index contributed by atoms with van der Waals surface area (Å²) in [5, 5.41) is 3.46. The zero-order chi connectivity index (χ0) is 12.0. The number of nitrogens with two attached hydrogens (primary N) is 1. The van der Waals surface area contributed by atoms with Crippen LogP contribution in [0.25, 0.3) is 0 Å². The minimum absolute atomic E-state index is 0.132. The number of ether oxygens (including phenoxy) is 1. The molecule has 0 aliphatic carbocycles. The number of aryl methyl sites for hydroxylation is 1. The van der Waals surface area contributed by atoms with Gasteiger partial charge < -0.3 is 10.5 Å². The van der Waals surface area contributed by atoms with Crippen molar-refractivity contribution in [2.75, 3.05) is 6.61 Å². The van der Waals surface area contributed by atoms with Gasteiger partial charge in [0.25, 0.3) is 0 Å². The van der Waals surface area contributed by atoms with Gasteiger partial charge in [0, 0.05) is 5.56 Å². The van der Waals surface area contributed by atoms with Crippen LogP contribution in [0.3, 0.4) is 0 Å². The number of benzene rings is 1. The number of hydrogen-bond acceptors (Lipinski definition) is 4. The summed E-state index contributed by atoms with van der Waals surface area (Å²) in [7, 11) is 0. The Morgan fingerprint density at radius 1 is 1.38 bits per heavy atom. The van der Waals surface area contributed by atoms with Crippen molar-refractivity contribution < 1.29 is 14.4 Å². The average Bonchev–Trinajstić information content (AvgIpc) is 2.27. The molecule has 0 bridgehead atoms. The van der Waals surface area contributed by atoms with Gasteiger partial charge in [0.05, 0.1) is 6.61 Å². The predicted octanol–water partition coefficient (Wildman–Crippen LogP) is 1.79. The molecule has 0 saturated carbocycles. The highest BCUT2D eigenvalue weighted by atomic mass is 16.8. The van der Waals surface area contributed by atoms with Gasteiger partial charge in [0.15, 0.2) is 5.84 Å². The quantitative estimate of drug-likeness (QED) is 0.278. The van der Waals surface area contributed by atoms with Crippen molar-refractivity contribution in [1.29, 1.82) is 0 Å². The standard InChI is InChI=1S/C11H14N2O3/c1-3-15-11(14)16-13-10(12)9-6-4-8(2)5-7-9/h4-7H,3H2,1-2H3,(H2,12,13). The lowest BCUT2D eigenvalue weighted by Gasteiger charge is -2.01. The van der Waals surface area contributed by atoms with Gasteiger partial charge in [-0.15, -0.1) is 0 Å². The number of hydrogen-bond donors (Lipinski definition) is 1. The van der Waals surface area contributed by atoms with Crippen LogP contribution in [0, 0.1) is 6.92 Å². The number of nitrogens with zero attached hydrogens (tertiary/aromatic N) is 1. The lowest BCUT2D eigenvalue weighted by atomic mass is 10.1. The maximum absolute atomic E-state index is 10.8. The van der Waals surface area contributed by atoms with E-state index in [0.717, 1.165) is 5.56 Å². The first-order valence-electron chi connectivity index (χ1n) is 4.87. The molecule has 0 saturated heterocycles. The van der Waals surface area contributed by atoms with E-state index < -0.39 is 6.16 Å². The molecule has 1 aromatic carbocycles. The number of rotatable bonds is 3. The van der Waals surface area contributed by atoms with E-state index >= 15 is 0 Å². The molecule has 0 aromatic heterocycles. The number of oxime groups is 1. The molecule has 0 aliphatic heterocycles. The molecule has 5 heteroatoms. The maximum atomic E-state index is 10.8. The van der Waals surface area contributed by atoms with Crippen LogP contribution in [-0.4, -0.2) is 18.6 Å². The molecule has 1 rings (SSSR count). The minimum atomic E-state index is -0.863. The van der Waals surface area contributed by atoms with E-state index in [2.05, 4.69) is 14.7 Å². The van der Waals surface area contributed by atoms with Crippen LogP contribution in [0.1, 0.15) is 18.1 Å². The van der Waals surface area contributed by atoms with Crippen LogP contribution in [0.5, 0.6) is 0 Å². The Morgan fingerprint density at radius 2 is 2.00 bits per heavy atom. The monoisotopic (exact) mass is 222 g/mol. The molecule has 0 radical (unpaired) electrons. The van der Waals surface area contributed by atoms with E-state index in [4.69, 9.17) is 5.73 Å². The van der Waals surface area contributed by atoms with E-state index in [1.54, 1.807) is 19.1 Å². The number of amidine groups is 1. The summed E-state index contributed by atoms with van der Waals surface area (Å²) >= 11 is 0. The molecule has 0 fully saturated rings. The zero-order valence-corrected chi connectivity index (χ0v) is 9.27. The summed E-state index contributed by atoms with van der Waals surface area (Å²) in [6.07, 6.45) is -0.863. The van der Waals surface area contributed by atoms with Crippen molar-refractivity contribution in [3.63, 3.8) is 0 Å². The Bertz CT molecular complexity index is 385. The Labute approximate surface area is 93.8 Å². The smallest absolute Gasteiger partial charge is 0.433 e. The molecule has 5 nitrogen and oxygen atoms in total. The fraction of sp³-hybridized carbons (Fsp3) is 0.273. The van der Waals surface area contributed by atoms with Crippen LogP contribution in [0.15, 0.2) is 29.4 Å². The first kappa shape index (κ1) is 12.0.